The van der Waals surface area contributed by atoms with Crippen molar-refractivity contribution < 1.29 is 18.0 Å². The second-order valence-corrected chi connectivity index (χ2v) is 8.71. The Morgan fingerprint density at radius 3 is 2.50 bits per heavy atom. The number of nitrogens with zero attached hydrogens (tertiary/aromatic N) is 3. The molecular weight excluding hydrogens is 380 g/mol. The second-order valence-electron chi connectivity index (χ2n) is 6.18. The Hall–Kier alpha value is -1.84. The molecule has 0 bridgehead atoms. The number of carbonyl (C=O) groups is 2. The topological polar surface area (TPSA) is 90.0 Å². The standard InChI is InChI=1S/C16H23ClN4O4S/c1-19(26(2,24)25)12-15(22)20-7-4-8-21(10-9-20)16(23)18-14-6-3-5-13(17)11-14/h3,5-6,11H,4,7-10,12H2,1-2H3,(H,18,23). The van der Waals surface area contributed by atoms with Crippen LogP contribution in [-0.2, 0) is 14.8 Å². The lowest BCUT2D eigenvalue weighted by atomic mass is 10.3. The molecule has 0 aliphatic carbocycles. The third kappa shape index (κ3) is 5.86. The molecule has 2 rings (SSSR count). The van der Waals surface area contributed by atoms with Gasteiger partial charge < -0.3 is 15.1 Å². The van der Waals surface area contributed by atoms with Crippen LogP contribution >= 0.6 is 11.6 Å². The number of halogens is 1. The average Bonchev–Trinajstić information content (AvgIpc) is 2.80. The van der Waals surface area contributed by atoms with Gasteiger partial charge in [0.25, 0.3) is 0 Å². The van der Waals surface area contributed by atoms with Gasteiger partial charge in [0.05, 0.1) is 12.8 Å². The maximum Gasteiger partial charge on any atom is 0.321 e. The Morgan fingerprint density at radius 2 is 1.85 bits per heavy atom. The highest BCUT2D eigenvalue weighted by Gasteiger charge is 2.24. The van der Waals surface area contributed by atoms with Crippen molar-refractivity contribution in [1.29, 1.82) is 0 Å². The minimum atomic E-state index is -3.41. The van der Waals surface area contributed by atoms with Crippen LogP contribution in [0.3, 0.4) is 0 Å². The number of anilines is 1. The van der Waals surface area contributed by atoms with Crippen LogP contribution in [0.2, 0.25) is 5.02 Å². The van der Waals surface area contributed by atoms with E-state index in [9.17, 15) is 18.0 Å². The number of urea groups is 1. The zero-order valence-corrected chi connectivity index (χ0v) is 16.4. The van der Waals surface area contributed by atoms with Crippen molar-refractivity contribution in [3.8, 4) is 0 Å². The lowest BCUT2D eigenvalue weighted by Gasteiger charge is -2.24. The van der Waals surface area contributed by atoms with Gasteiger partial charge >= 0.3 is 6.03 Å². The normalized spacial score (nSPS) is 15.7. The molecule has 1 aliphatic heterocycles. The molecule has 0 atom stereocenters. The molecule has 0 saturated carbocycles. The third-order valence-electron chi connectivity index (χ3n) is 4.14. The molecule has 0 aromatic heterocycles. The van der Waals surface area contributed by atoms with E-state index in [2.05, 4.69) is 5.32 Å². The Balaban J connectivity index is 1.91. The van der Waals surface area contributed by atoms with Crippen molar-refractivity contribution in [1.82, 2.24) is 14.1 Å². The van der Waals surface area contributed by atoms with Crippen molar-refractivity contribution in [2.75, 3.05) is 51.3 Å². The molecule has 1 fully saturated rings. The Labute approximate surface area is 158 Å². The summed E-state index contributed by atoms with van der Waals surface area (Å²) in [6.45, 7) is 1.53. The van der Waals surface area contributed by atoms with E-state index in [1.165, 1.54) is 7.05 Å². The summed E-state index contributed by atoms with van der Waals surface area (Å²) in [6, 6.07) is 6.63. The van der Waals surface area contributed by atoms with Crippen LogP contribution in [0.5, 0.6) is 0 Å². The minimum absolute atomic E-state index is 0.201. The molecule has 144 valence electrons. The number of benzene rings is 1. The molecule has 0 unspecified atom stereocenters. The van der Waals surface area contributed by atoms with Crippen molar-refractivity contribution in [2.24, 2.45) is 0 Å². The lowest BCUT2D eigenvalue weighted by molar-refractivity contribution is -0.131. The quantitative estimate of drug-likeness (QED) is 0.821. The van der Waals surface area contributed by atoms with Gasteiger partial charge in [-0.15, -0.1) is 0 Å². The van der Waals surface area contributed by atoms with E-state index in [0.29, 0.717) is 43.3 Å². The molecule has 1 N–H and O–H groups in total. The number of rotatable bonds is 4. The van der Waals surface area contributed by atoms with Crippen LogP contribution in [0.4, 0.5) is 10.5 Å². The highest BCUT2D eigenvalue weighted by molar-refractivity contribution is 7.88. The summed E-state index contributed by atoms with van der Waals surface area (Å²) in [4.78, 5) is 27.9. The van der Waals surface area contributed by atoms with Gasteiger partial charge in [0.1, 0.15) is 0 Å². The molecule has 0 radical (unpaired) electrons. The first-order valence-corrected chi connectivity index (χ1v) is 10.4. The fraction of sp³-hybridized carbons (Fsp3) is 0.500. The van der Waals surface area contributed by atoms with Gasteiger partial charge in [0.2, 0.25) is 15.9 Å². The monoisotopic (exact) mass is 402 g/mol. The molecule has 10 heteroatoms. The number of amides is 3. The molecule has 3 amide bonds. The van der Waals surface area contributed by atoms with Gasteiger partial charge in [-0.3, -0.25) is 4.79 Å². The number of sulfonamides is 1. The fourth-order valence-corrected chi connectivity index (χ4v) is 3.08. The van der Waals surface area contributed by atoms with Crippen molar-refractivity contribution >= 4 is 39.2 Å². The number of nitrogens with one attached hydrogen (secondary N) is 1. The SMILES string of the molecule is CN(CC(=O)N1CCCN(C(=O)Nc2cccc(Cl)c2)CC1)S(C)(=O)=O. The van der Waals surface area contributed by atoms with Gasteiger partial charge in [-0.2, -0.15) is 4.31 Å². The summed E-state index contributed by atoms with van der Waals surface area (Å²) in [5, 5.41) is 3.32. The van der Waals surface area contributed by atoms with Gasteiger partial charge in [0.15, 0.2) is 0 Å². The van der Waals surface area contributed by atoms with E-state index in [0.717, 1.165) is 10.6 Å². The largest absolute Gasteiger partial charge is 0.340 e. The van der Waals surface area contributed by atoms with Crippen molar-refractivity contribution in [3.63, 3.8) is 0 Å². The van der Waals surface area contributed by atoms with E-state index in [4.69, 9.17) is 11.6 Å². The zero-order chi connectivity index (χ0) is 19.3. The van der Waals surface area contributed by atoms with Crippen LogP contribution in [0.1, 0.15) is 6.42 Å². The summed E-state index contributed by atoms with van der Waals surface area (Å²) >= 11 is 5.91. The number of hydrogen-bond donors (Lipinski definition) is 1. The van der Waals surface area contributed by atoms with E-state index < -0.39 is 10.0 Å². The molecular formula is C16H23ClN4O4S. The first-order valence-electron chi connectivity index (χ1n) is 8.17. The molecule has 1 aliphatic rings. The van der Waals surface area contributed by atoms with E-state index in [-0.39, 0.29) is 18.5 Å². The predicted molar refractivity (Wildman–Crippen MR) is 101 cm³/mol. The third-order valence-corrected chi connectivity index (χ3v) is 5.63. The minimum Gasteiger partial charge on any atom is -0.340 e. The van der Waals surface area contributed by atoms with Gasteiger partial charge in [-0.25, -0.2) is 13.2 Å². The first-order chi connectivity index (χ1) is 12.2. The number of hydrogen-bond acceptors (Lipinski definition) is 4. The summed E-state index contributed by atoms with van der Waals surface area (Å²) in [7, 11) is -2.04. The van der Waals surface area contributed by atoms with E-state index in [1.807, 2.05) is 0 Å². The molecule has 1 heterocycles. The highest BCUT2D eigenvalue weighted by Crippen LogP contribution is 2.16. The van der Waals surface area contributed by atoms with Gasteiger partial charge in [0, 0.05) is 43.9 Å². The van der Waals surface area contributed by atoms with Crippen molar-refractivity contribution in [3.05, 3.63) is 29.3 Å². The maximum absolute atomic E-state index is 12.4. The smallest absolute Gasteiger partial charge is 0.321 e. The van der Waals surface area contributed by atoms with E-state index in [1.54, 1.807) is 34.1 Å². The molecule has 1 saturated heterocycles. The van der Waals surface area contributed by atoms with Crippen LogP contribution < -0.4 is 5.32 Å². The van der Waals surface area contributed by atoms with Crippen LogP contribution in [0.15, 0.2) is 24.3 Å². The molecule has 1 aromatic carbocycles. The summed E-state index contributed by atoms with van der Waals surface area (Å²) in [5.41, 5.74) is 0.606. The lowest BCUT2D eigenvalue weighted by Crippen LogP contribution is -2.43. The first kappa shape index (κ1) is 20.5. The second kappa shape index (κ2) is 8.70. The van der Waals surface area contributed by atoms with Crippen LogP contribution in [0, 0.1) is 0 Å². The summed E-state index contributed by atoms with van der Waals surface area (Å²) in [6.07, 6.45) is 1.68. The summed E-state index contributed by atoms with van der Waals surface area (Å²) in [5.74, 6) is -0.268. The van der Waals surface area contributed by atoms with Crippen molar-refractivity contribution in [2.45, 2.75) is 6.42 Å². The Morgan fingerprint density at radius 1 is 1.19 bits per heavy atom. The predicted octanol–water partition coefficient (Wildman–Crippen LogP) is 1.30. The maximum atomic E-state index is 12.4. The van der Waals surface area contributed by atoms with Gasteiger partial charge in [-0.1, -0.05) is 17.7 Å². The number of carbonyl (C=O) groups excluding carboxylic acids is 2. The molecule has 0 spiro atoms. The molecule has 1 aromatic rings. The molecule has 26 heavy (non-hydrogen) atoms. The highest BCUT2D eigenvalue weighted by atomic mass is 35.5. The van der Waals surface area contributed by atoms with E-state index >= 15 is 0 Å². The van der Waals surface area contributed by atoms with Gasteiger partial charge in [-0.05, 0) is 24.6 Å². The fourth-order valence-electron chi connectivity index (χ4n) is 2.55. The molecule has 8 nitrogen and oxygen atoms in total. The Kier molecular flexibility index (Phi) is 6.85. The van der Waals surface area contributed by atoms with Crippen LogP contribution in [-0.4, -0.2) is 80.5 Å². The average molecular weight is 403 g/mol. The Bertz CT molecular complexity index is 771. The summed E-state index contributed by atoms with van der Waals surface area (Å²) < 4.78 is 23.9. The number of likely N-dealkylation sites (N-methyl/N-ethyl adjacent to an activating group) is 1. The van der Waals surface area contributed by atoms with Crippen LogP contribution in [0.25, 0.3) is 0 Å². The zero-order valence-electron chi connectivity index (χ0n) is 14.8.